The third-order valence-electron chi connectivity index (χ3n) is 1.43. The second-order valence-electron chi connectivity index (χ2n) is 2.81. The third-order valence-corrected chi connectivity index (χ3v) is 2.57. The van der Waals surface area contributed by atoms with Gasteiger partial charge in [0.15, 0.2) is 0 Å². The summed E-state index contributed by atoms with van der Waals surface area (Å²) in [6.45, 7) is 1.61. The molecular weight excluding hydrogens is 167 g/mol. The largest absolute Gasteiger partial charge is 0.299 e. The molecule has 0 atom stereocenters. The molecule has 0 saturated carbocycles. The molecule has 1 aromatic carbocycles. The Morgan fingerprint density at radius 1 is 1.58 bits per heavy atom. The van der Waals surface area contributed by atoms with Crippen molar-refractivity contribution >= 4 is 30.9 Å². The predicted octanol–water partition coefficient (Wildman–Crippen LogP) is 0.626. The van der Waals surface area contributed by atoms with E-state index in [2.05, 4.69) is 20.0 Å². The van der Waals surface area contributed by atoms with Crippen molar-refractivity contribution in [2.75, 3.05) is 5.75 Å². The Labute approximate surface area is 78.0 Å². The number of Topliss-reactive ketones (excluding diaryl/α,β-unsaturated/α-hetero) is 1. The molecule has 1 rings (SSSR count). The van der Waals surface area contributed by atoms with Crippen LogP contribution in [0.4, 0.5) is 0 Å². The van der Waals surface area contributed by atoms with Gasteiger partial charge in [0.05, 0.1) is 5.75 Å². The highest BCUT2D eigenvalue weighted by Gasteiger charge is 1.96. The summed E-state index contributed by atoms with van der Waals surface area (Å²) < 4.78 is 0. The molecule has 0 saturated heterocycles. The first-order valence-electron chi connectivity index (χ1n) is 3.87. The summed E-state index contributed by atoms with van der Waals surface area (Å²) >= 11 is 1.59. The minimum Gasteiger partial charge on any atom is -0.299 e. The van der Waals surface area contributed by atoms with E-state index in [0.29, 0.717) is 5.75 Å². The number of hydrogen-bond acceptors (Lipinski definition) is 2. The van der Waals surface area contributed by atoms with Crippen LogP contribution in [0.15, 0.2) is 29.2 Å². The van der Waals surface area contributed by atoms with Crippen molar-refractivity contribution < 1.29 is 4.79 Å². The second-order valence-corrected chi connectivity index (χ2v) is 3.86. The fourth-order valence-electron chi connectivity index (χ4n) is 0.890. The van der Waals surface area contributed by atoms with Crippen LogP contribution in [0, 0.1) is 0 Å². The Balaban J connectivity index is 2.57. The standard InChI is InChI=1S/C9H11BOS/c1-7(11)6-12-9-4-2-3-8(10)5-9/h2-5H,6,10H2,1H3. The van der Waals surface area contributed by atoms with Crippen molar-refractivity contribution in [2.24, 2.45) is 0 Å². The lowest BCUT2D eigenvalue weighted by atomic mass is 9.97. The van der Waals surface area contributed by atoms with E-state index >= 15 is 0 Å². The van der Waals surface area contributed by atoms with E-state index in [1.165, 1.54) is 10.4 Å². The summed E-state index contributed by atoms with van der Waals surface area (Å²) in [5.41, 5.74) is 1.24. The molecule has 0 radical (unpaired) electrons. The highest BCUT2D eigenvalue weighted by Crippen LogP contribution is 2.15. The SMILES string of the molecule is Bc1cccc(SCC(C)=O)c1. The van der Waals surface area contributed by atoms with Gasteiger partial charge < -0.3 is 0 Å². The van der Waals surface area contributed by atoms with E-state index in [4.69, 9.17) is 0 Å². The van der Waals surface area contributed by atoms with Gasteiger partial charge >= 0.3 is 0 Å². The molecule has 1 nitrogen and oxygen atoms in total. The minimum atomic E-state index is 0.224. The first kappa shape index (κ1) is 9.39. The van der Waals surface area contributed by atoms with E-state index in [0.717, 1.165) is 0 Å². The highest BCUT2D eigenvalue weighted by molar-refractivity contribution is 8.00. The third kappa shape index (κ3) is 3.14. The molecule has 0 aliphatic rings. The van der Waals surface area contributed by atoms with Gasteiger partial charge in [-0.05, 0) is 13.0 Å². The fraction of sp³-hybridized carbons (Fsp3) is 0.222. The van der Waals surface area contributed by atoms with Crippen molar-refractivity contribution in [1.29, 1.82) is 0 Å². The first-order valence-corrected chi connectivity index (χ1v) is 4.86. The van der Waals surface area contributed by atoms with Crippen LogP contribution in [-0.4, -0.2) is 19.4 Å². The zero-order valence-corrected chi connectivity index (χ0v) is 8.15. The molecule has 62 valence electrons. The summed E-state index contributed by atoms with van der Waals surface area (Å²) in [4.78, 5) is 11.9. The molecule has 0 amide bonds. The number of rotatable bonds is 3. The number of thioether (sulfide) groups is 1. The van der Waals surface area contributed by atoms with E-state index in [-0.39, 0.29) is 5.78 Å². The van der Waals surface area contributed by atoms with Crippen molar-refractivity contribution in [3.63, 3.8) is 0 Å². The Morgan fingerprint density at radius 2 is 2.33 bits per heavy atom. The molecule has 0 spiro atoms. The van der Waals surface area contributed by atoms with Gasteiger partial charge in [0.1, 0.15) is 13.6 Å². The van der Waals surface area contributed by atoms with Crippen LogP contribution in [0.2, 0.25) is 0 Å². The van der Waals surface area contributed by atoms with E-state index < -0.39 is 0 Å². The Hall–Kier alpha value is -0.695. The van der Waals surface area contributed by atoms with Gasteiger partial charge in [-0.15, -0.1) is 11.8 Å². The fourth-order valence-corrected chi connectivity index (χ4v) is 1.70. The predicted molar refractivity (Wildman–Crippen MR) is 56.0 cm³/mol. The van der Waals surface area contributed by atoms with Crippen molar-refractivity contribution in [1.82, 2.24) is 0 Å². The van der Waals surface area contributed by atoms with Crippen LogP contribution in [-0.2, 0) is 4.79 Å². The van der Waals surface area contributed by atoms with Crippen molar-refractivity contribution in [3.8, 4) is 0 Å². The monoisotopic (exact) mass is 178 g/mol. The normalized spacial score (nSPS) is 9.75. The molecule has 0 bridgehead atoms. The molecular formula is C9H11BOS. The molecule has 0 N–H and O–H groups in total. The maximum atomic E-state index is 10.7. The molecule has 0 aliphatic carbocycles. The number of carbonyl (C=O) groups is 1. The molecule has 0 aliphatic heterocycles. The van der Waals surface area contributed by atoms with E-state index in [9.17, 15) is 4.79 Å². The number of hydrogen-bond donors (Lipinski definition) is 0. The van der Waals surface area contributed by atoms with E-state index in [1.807, 2.05) is 12.1 Å². The van der Waals surface area contributed by atoms with Crippen LogP contribution >= 0.6 is 11.8 Å². The van der Waals surface area contributed by atoms with Gasteiger partial charge in [0.25, 0.3) is 0 Å². The van der Waals surface area contributed by atoms with Crippen molar-refractivity contribution in [3.05, 3.63) is 24.3 Å². The number of ketones is 1. The topological polar surface area (TPSA) is 17.1 Å². The lowest BCUT2D eigenvalue weighted by Crippen LogP contribution is -2.01. The maximum Gasteiger partial charge on any atom is 0.140 e. The van der Waals surface area contributed by atoms with E-state index in [1.54, 1.807) is 18.7 Å². The quantitative estimate of drug-likeness (QED) is 0.498. The van der Waals surface area contributed by atoms with Crippen molar-refractivity contribution in [2.45, 2.75) is 11.8 Å². The van der Waals surface area contributed by atoms with Crippen LogP contribution in [0.25, 0.3) is 0 Å². The maximum absolute atomic E-state index is 10.7. The van der Waals surface area contributed by atoms with Gasteiger partial charge in [0.2, 0.25) is 0 Å². The van der Waals surface area contributed by atoms with Crippen LogP contribution in [0.3, 0.4) is 0 Å². The zero-order chi connectivity index (χ0) is 8.97. The van der Waals surface area contributed by atoms with Gasteiger partial charge in [-0.25, -0.2) is 0 Å². The summed E-state index contributed by atoms with van der Waals surface area (Å²) in [5.74, 6) is 0.796. The molecule has 0 unspecified atom stereocenters. The molecule has 3 heteroatoms. The summed E-state index contributed by atoms with van der Waals surface area (Å²) in [7, 11) is 2.05. The van der Waals surface area contributed by atoms with Crippen LogP contribution < -0.4 is 5.46 Å². The Morgan fingerprint density at radius 3 is 2.92 bits per heavy atom. The van der Waals surface area contributed by atoms with Gasteiger partial charge in [0, 0.05) is 4.90 Å². The summed E-state index contributed by atoms with van der Waals surface area (Å²) in [5, 5.41) is 0. The summed E-state index contributed by atoms with van der Waals surface area (Å²) in [6.07, 6.45) is 0. The Kier molecular flexibility index (Phi) is 3.41. The highest BCUT2D eigenvalue weighted by atomic mass is 32.2. The number of benzene rings is 1. The molecule has 0 aromatic heterocycles. The molecule has 0 fully saturated rings. The molecule has 0 heterocycles. The average molecular weight is 178 g/mol. The second kappa shape index (κ2) is 4.36. The summed E-state index contributed by atoms with van der Waals surface area (Å²) in [6, 6.07) is 8.18. The van der Waals surface area contributed by atoms with Crippen LogP contribution in [0.1, 0.15) is 6.92 Å². The van der Waals surface area contributed by atoms with Gasteiger partial charge in [-0.2, -0.15) is 0 Å². The Bertz CT molecular complexity index is 286. The lowest BCUT2D eigenvalue weighted by molar-refractivity contribution is -0.114. The average Bonchev–Trinajstić information content (AvgIpc) is 2.01. The first-order chi connectivity index (χ1) is 5.68. The zero-order valence-electron chi connectivity index (χ0n) is 7.33. The number of carbonyl (C=O) groups excluding carboxylic acids is 1. The molecule has 12 heavy (non-hydrogen) atoms. The van der Waals surface area contributed by atoms with Crippen LogP contribution in [0.5, 0.6) is 0 Å². The van der Waals surface area contributed by atoms with Gasteiger partial charge in [-0.3, -0.25) is 4.79 Å². The lowest BCUT2D eigenvalue weighted by Gasteiger charge is -1.99. The molecule has 1 aromatic rings. The smallest absolute Gasteiger partial charge is 0.140 e. The van der Waals surface area contributed by atoms with Gasteiger partial charge in [-0.1, -0.05) is 23.7 Å². The minimum absolute atomic E-state index is 0.224.